The molecule has 19 heavy (non-hydrogen) atoms. The molecule has 9 nitrogen and oxygen atoms in total. The number of carbonyl (C=O) groups excluding carboxylic acids is 3. The summed E-state index contributed by atoms with van der Waals surface area (Å²) >= 11 is 0. The third kappa shape index (κ3) is 2.69. The second-order valence-electron chi connectivity index (χ2n) is 4.30. The van der Waals surface area contributed by atoms with Crippen LogP contribution in [0.3, 0.4) is 0 Å². The van der Waals surface area contributed by atoms with E-state index in [4.69, 9.17) is 0 Å². The van der Waals surface area contributed by atoms with Gasteiger partial charge in [-0.3, -0.25) is 19.6 Å². The molecular formula is C10H14N6O3. The van der Waals surface area contributed by atoms with Crippen molar-refractivity contribution in [3.05, 3.63) is 12.2 Å². The van der Waals surface area contributed by atoms with Crippen LogP contribution >= 0.6 is 0 Å². The van der Waals surface area contributed by atoms with Crippen LogP contribution in [0.25, 0.3) is 0 Å². The molecule has 0 atom stereocenters. The molecular weight excluding hydrogens is 252 g/mol. The van der Waals surface area contributed by atoms with Crippen molar-refractivity contribution < 1.29 is 14.4 Å². The van der Waals surface area contributed by atoms with Crippen molar-refractivity contribution in [3.8, 4) is 0 Å². The second-order valence-corrected chi connectivity index (χ2v) is 4.30. The summed E-state index contributed by atoms with van der Waals surface area (Å²) in [6.07, 6.45) is 1.34. The van der Waals surface area contributed by atoms with Crippen molar-refractivity contribution in [2.75, 3.05) is 27.2 Å². The Bertz CT molecular complexity index is 499. The number of nitrogens with one attached hydrogen (secondary N) is 1. The standard InChI is InChI=1S/C10H14N6O3/c1-14(3-7-11-6-12-13-7)8(17)5-16-9(18)4-15(2)10(16)19/h6H,3-5H2,1-2H3,(H,11,12,13). The average Bonchev–Trinajstić information content (AvgIpc) is 2.94. The minimum atomic E-state index is -0.452. The number of carbonyl (C=O) groups is 3. The molecule has 1 aromatic rings. The van der Waals surface area contributed by atoms with Gasteiger partial charge in [0.05, 0.1) is 6.54 Å². The molecule has 1 N–H and O–H groups in total. The van der Waals surface area contributed by atoms with Crippen LogP contribution in [0.15, 0.2) is 6.33 Å². The summed E-state index contributed by atoms with van der Waals surface area (Å²) in [5.41, 5.74) is 0. The third-order valence-electron chi connectivity index (χ3n) is 2.80. The van der Waals surface area contributed by atoms with Gasteiger partial charge in [-0.05, 0) is 0 Å². The van der Waals surface area contributed by atoms with Crippen LogP contribution < -0.4 is 0 Å². The molecule has 1 fully saturated rings. The van der Waals surface area contributed by atoms with Gasteiger partial charge in [0.1, 0.15) is 25.2 Å². The Kier molecular flexibility index (Phi) is 3.45. The summed E-state index contributed by atoms with van der Waals surface area (Å²) in [5, 5.41) is 6.30. The maximum absolute atomic E-state index is 11.9. The number of urea groups is 1. The van der Waals surface area contributed by atoms with Crippen molar-refractivity contribution in [2.45, 2.75) is 6.54 Å². The zero-order chi connectivity index (χ0) is 14.0. The SMILES string of the molecule is CN(Cc1ncn[nH]1)C(=O)CN1C(=O)CN(C)C1=O. The van der Waals surface area contributed by atoms with Gasteiger partial charge in [0.2, 0.25) is 5.91 Å². The number of amides is 4. The molecule has 1 saturated heterocycles. The summed E-state index contributed by atoms with van der Waals surface area (Å²) in [4.78, 5) is 42.6. The van der Waals surface area contributed by atoms with Crippen molar-refractivity contribution in [1.29, 1.82) is 0 Å². The topological polar surface area (TPSA) is 102 Å². The Labute approximate surface area is 109 Å². The van der Waals surface area contributed by atoms with Gasteiger partial charge in [0, 0.05) is 14.1 Å². The number of imide groups is 1. The van der Waals surface area contributed by atoms with Crippen LogP contribution in [-0.4, -0.2) is 74.9 Å². The van der Waals surface area contributed by atoms with E-state index in [9.17, 15) is 14.4 Å². The number of rotatable bonds is 4. The van der Waals surface area contributed by atoms with Gasteiger partial charge in [0.15, 0.2) is 0 Å². The highest BCUT2D eigenvalue weighted by Crippen LogP contribution is 2.08. The molecule has 0 spiro atoms. The number of aromatic nitrogens is 3. The minimum absolute atomic E-state index is 0.0118. The Hall–Kier alpha value is -2.45. The molecule has 9 heteroatoms. The van der Waals surface area contributed by atoms with Crippen LogP contribution in [0.1, 0.15) is 5.82 Å². The first-order valence-electron chi connectivity index (χ1n) is 5.62. The Balaban J connectivity index is 1.93. The zero-order valence-corrected chi connectivity index (χ0v) is 10.7. The molecule has 0 bridgehead atoms. The van der Waals surface area contributed by atoms with Crippen LogP contribution in [0.4, 0.5) is 4.79 Å². The van der Waals surface area contributed by atoms with E-state index in [1.165, 1.54) is 23.2 Å². The first kappa shape index (κ1) is 13.0. The third-order valence-corrected chi connectivity index (χ3v) is 2.80. The molecule has 102 valence electrons. The lowest BCUT2D eigenvalue weighted by Crippen LogP contribution is -2.41. The van der Waals surface area contributed by atoms with E-state index in [2.05, 4.69) is 15.2 Å². The quantitative estimate of drug-likeness (QED) is 0.679. The van der Waals surface area contributed by atoms with Gasteiger partial charge >= 0.3 is 6.03 Å². The first-order chi connectivity index (χ1) is 8.99. The van der Waals surface area contributed by atoms with Gasteiger partial charge in [-0.25, -0.2) is 9.78 Å². The number of likely N-dealkylation sites (N-methyl/N-ethyl adjacent to an activating group) is 2. The second kappa shape index (κ2) is 5.04. The number of hydrogen-bond acceptors (Lipinski definition) is 5. The van der Waals surface area contributed by atoms with Gasteiger partial charge < -0.3 is 9.80 Å². The minimum Gasteiger partial charge on any atom is -0.337 e. The van der Waals surface area contributed by atoms with E-state index >= 15 is 0 Å². The van der Waals surface area contributed by atoms with Crippen LogP contribution in [0, 0.1) is 0 Å². The van der Waals surface area contributed by atoms with Gasteiger partial charge in [0.25, 0.3) is 5.91 Å². The number of nitrogens with zero attached hydrogens (tertiary/aromatic N) is 5. The monoisotopic (exact) mass is 266 g/mol. The van der Waals surface area contributed by atoms with Gasteiger partial charge in [-0.1, -0.05) is 0 Å². The van der Waals surface area contributed by atoms with Gasteiger partial charge in [-0.15, -0.1) is 0 Å². The van der Waals surface area contributed by atoms with Crippen molar-refractivity contribution in [1.82, 2.24) is 29.9 Å². The summed E-state index contributed by atoms with van der Waals surface area (Å²) in [6, 6.07) is -0.452. The lowest BCUT2D eigenvalue weighted by molar-refractivity contribution is -0.136. The molecule has 2 rings (SSSR count). The molecule has 0 unspecified atom stereocenters. The molecule has 0 saturated carbocycles. The average molecular weight is 266 g/mol. The molecule has 4 amide bonds. The summed E-state index contributed by atoms with van der Waals surface area (Å²) in [6.45, 7) is -0.00450. The fraction of sp³-hybridized carbons (Fsp3) is 0.500. The highest BCUT2D eigenvalue weighted by molar-refractivity contribution is 6.04. The van der Waals surface area contributed by atoms with Crippen molar-refractivity contribution >= 4 is 17.8 Å². The van der Waals surface area contributed by atoms with E-state index in [0.29, 0.717) is 5.82 Å². The fourth-order valence-electron chi connectivity index (χ4n) is 1.70. The van der Waals surface area contributed by atoms with Crippen molar-refractivity contribution in [3.63, 3.8) is 0 Å². The van der Waals surface area contributed by atoms with Crippen LogP contribution in [-0.2, 0) is 16.1 Å². The van der Waals surface area contributed by atoms with Gasteiger partial charge in [-0.2, -0.15) is 5.10 Å². The molecule has 1 aliphatic heterocycles. The Morgan fingerprint density at radius 2 is 2.26 bits per heavy atom. The fourth-order valence-corrected chi connectivity index (χ4v) is 1.70. The van der Waals surface area contributed by atoms with E-state index < -0.39 is 6.03 Å². The normalized spacial score (nSPS) is 15.3. The zero-order valence-electron chi connectivity index (χ0n) is 10.7. The van der Waals surface area contributed by atoms with E-state index in [1.807, 2.05) is 0 Å². The number of H-pyrrole nitrogens is 1. The van der Waals surface area contributed by atoms with Crippen molar-refractivity contribution in [2.24, 2.45) is 0 Å². The molecule has 0 aromatic carbocycles. The predicted molar refractivity (Wildman–Crippen MR) is 62.6 cm³/mol. The van der Waals surface area contributed by atoms with Crippen LogP contribution in [0.5, 0.6) is 0 Å². The summed E-state index contributed by atoms with van der Waals surface area (Å²) in [5.74, 6) is -0.172. The van der Waals surface area contributed by atoms with E-state index in [0.717, 1.165) is 4.90 Å². The largest absolute Gasteiger partial charge is 0.337 e. The van der Waals surface area contributed by atoms with E-state index in [1.54, 1.807) is 7.05 Å². The number of hydrogen-bond donors (Lipinski definition) is 1. The van der Waals surface area contributed by atoms with E-state index in [-0.39, 0.29) is 31.4 Å². The molecule has 1 aromatic heterocycles. The van der Waals surface area contributed by atoms with Crippen LogP contribution in [0.2, 0.25) is 0 Å². The first-order valence-corrected chi connectivity index (χ1v) is 5.62. The summed E-state index contributed by atoms with van der Waals surface area (Å²) in [7, 11) is 3.09. The molecule has 2 heterocycles. The lowest BCUT2D eigenvalue weighted by Gasteiger charge is -2.19. The molecule has 0 radical (unpaired) electrons. The molecule has 1 aliphatic rings. The molecule has 0 aliphatic carbocycles. The maximum atomic E-state index is 11.9. The predicted octanol–water partition coefficient (Wildman–Crippen LogP) is -1.34. The maximum Gasteiger partial charge on any atom is 0.327 e. The Morgan fingerprint density at radius 1 is 1.53 bits per heavy atom. The lowest BCUT2D eigenvalue weighted by atomic mass is 10.4. The Morgan fingerprint density at radius 3 is 2.79 bits per heavy atom. The smallest absolute Gasteiger partial charge is 0.327 e. The summed E-state index contributed by atoms with van der Waals surface area (Å²) < 4.78 is 0. The number of aromatic amines is 1. The highest BCUT2D eigenvalue weighted by Gasteiger charge is 2.35. The highest BCUT2D eigenvalue weighted by atomic mass is 16.2.